The van der Waals surface area contributed by atoms with E-state index < -0.39 is 11.6 Å². The van der Waals surface area contributed by atoms with Crippen molar-refractivity contribution < 1.29 is 18.3 Å². The van der Waals surface area contributed by atoms with E-state index in [9.17, 15) is 13.6 Å². The topological polar surface area (TPSA) is 41.6 Å². The van der Waals surface area contributed by atoms with E-state index in [1.807, 2.05) is 18.7 Å². The van der Waals surface area contributed by atoms with Gasteiger partial charge in [-0.1, -0.05) is 0 Å². The predicted molar refractivity (Wildman–Crippen MR) is 71.4 cm³/mol. The first-order valence-corrected chi connectivity index (χ1v) is 6.56. The number of halogens is 2. The number of rotatable bonds is 3. The Morgan fingerprint density at radius 3 is 2.60 bits per heavy atom. The fourth-order valence-electron chi connectivity index (χ4n) is 2.40. The molecule has 1 N–H and O–H groups in total. The van der Waals surface area contributed by atoms with Crippen LogP contribution in [0.5, 0.6) is 0 Å². The quantitative estimate of drug-likeness (QED) is 0.923. The lowest BCUT2D eigenvalue weighted by atomic mass is 10.2. The summed E-state index contributed by atoms with van der Waals surface area (Å²) in [7, 11) is 0. The zero-order chi connectivity index (χ0) is 14.7. The standard InChI is InChI=1S/C14H18F2N2O2/c1-9-6-18(7-10(2)20-9)8-14(19)17-13-4-3-11(15)5-12(13)16/h3-5,9-10H,6-8H2,1-2H3,(H,17,19)/t9-,10+. The molecule has 1 aliphatic rings. The van der Waals surface area contributed by atoms with Gasteiger partial charge in [0.15, 0.2) is 0 Å². The fraction of sp³-hybridized carbons (Fsp3) is 0.500. The second kappa shape index (κ2) is 6.28. The van der Waals surface area contributed by atoms with Gasteiger partial charge in [0.1, 0.15) is 11.6 Å². The van der Waals surface area contributed by atoms with Crippen LogP contribution in [-0.4, -0.2) is 42.6 Å². The summed E-state index contributed by atoms with van der Waals surface area (Å²) in [4.78, 5) is 13.8. The van der Waals surface area contributed by atoms with Crippen LogP contribution in [0.4, 0.5) is 14.5 Å². The smallest absolute Gasteiger partial charge is 0.238 e. The van der Waals surface area contributed by atoms with E-state index in [0.717, 1.165) is 12.1 Å². The third kappa shape index (κ3) is 3.98. The van der Waals surface area contributed by atoms with Crippen molar-refractivity contribution in [1.82, 2.24) is 4.90 Å². The molecule has 1 saturated heterocycles. The van der Waals surface area contributed by atoms with Crippen LogP contribution in [-0.2, 0) is 9.53 Å². The number of amides is 1. The summed E-state index contributed by atoms with van der Waals surface area (Å²) in [5.74, 6) is -1.77. The molecule has 0 bridgehead atoms. The first kappa shape index (κ1) is 14.9. The number of hydrogen-bond acceptors (Lipinski definition) is 3. The molecule has 6 heteroatoms. The van der Waals surface area contributed by atoms with Gasteiger partial charge in [0, 0.05) is 19.2 Å². The summed E-state index contributed by atoms with van der Waals surface area (Å²) in [6.45, 7) is 5.36. The summed E-state index contributed by atoms with van der Waals surface area (Å²) < 4.78 is 31.8. The molecule has 0 saturated carbocycles. The number of nitrogens with zero attached hydrogens (tertiary/aromatic N) is 1. The van der Waals surface area contributed by atoms with Gasteiger partial charge in [0.05, 0.1) is 24.4 Å². The van der Waals surface area contributed by atoms with Gasteiger partial charge in [-0.15, -0.1) is 0 Å². The molecule has 1 heterocycles. The van der Waals surface area contributed by atoms with Gasteiger partial charge in [0.25, 0.3) is 0 Å². The second-order valence-corrected chi connectivity index (χ2v) is 5.12. The van der Waals surface area contributed by atoms with Gasteiger partial charge in [-0.3, -0.25) is 9.69 Å². The minimum absolute atomic E-state index is 0.00856. The molecule has 0 unspecified atom stereocenters. The van der Waals surface area contributed by atoms with Crippen molar-refractivity contribution in [3.63, 3.8) is 0 Å². The highest BCUT2D eigenvalue weighted by Gasteiger charge is 2.23. The lowest BCUT2D eigenvalue weighted by molar-refractivity contribution is -0.121. The highest BCUT2D eigenvalue weighted by molar-refractivity contribution is 5.92. The van der Waals surface area contributed by atoms with E-state index in [0.29, 0.717) is 13.1 Å². The summed E-state index contributed by atoms with van der Waals surface area (Å²) >= 11 is 0. The largest absolute Gasteiger partial charge is 0.373 e. The van der Waals surface area contributed by atoms with E-state index in [1.54, 1.807) is 0 Å². The van der Waals surface area contributed by atoms with Crippen LogP contribution in [0.25, 0.3) is 0 Å². The van der Waals surface area contributed by atoms with E-state index in [4.69, 9.17) is 4.74 Å². The van der Waals surface area contributed by atoms with Crippen molar-refractivity contribution in [2.75, 3.05) is 25.0 Å². The molecule has 1 aromatic carbocycles. The summed E-state index contributed by atoms with van der Waals surface area (Å²) in [6.07, 6.45) is 0.128. The normalized spacial score (nSPS) is 23.6. The first-order chi connectivity index (χ1) is 9.44. The number of morpholine rings is 1. The van der Waals surface area contributed by atoms with Gasteiger partial charge in [-0.25, -0.2) is 8.78 Å². The number of carbonyl (C=O) groups excluding carboxylic acids is 1. The number of ether oxygens (including phenoxy) is 1. The Morgan fingerprint density at radius 2 is 2.00 bits per heavy atom. The van der Waals surface area contributed by atoms with Crippen LogP contribution in [0.2, 0.25) is 0 Å². The molecule has 0 aliphatic carbocycles. The molecule has 1 aliphatic heterocycles. The third-order valence-electron chi connectivity index (χ3n) is 3.07. The van der Waals surface area contributed by atoms with Gasteiger partial charge >= 0.3 is 0 Å². The SMILES string of the molecule is C[C@@H]1CN(CC(=O)Nc2ccc(F)cc2F)C[C@H](C)O1. The molecule has 0 spiro atoms. The van der Waals surface area contributed by atoms with Crippen LogP contribution < -0.4 is 5.32 Å². The molecule has 110 valence electrons. The Morgan fingerprint density at radius 1 is 1.35 bits per heavy atom. The molecule has 1 aromatic rings. The minimum Gasteiger partial charge on any atom is -0.373 e. The Kier molecular flexibility index (Phi) is 4.67. The van der Waals surface area contributed by atoms with E-state index >= 15 is 0 Å². The maximum Gasteiger partial charge on any atom is 0.238 e. The Hall–Kier alpha value is -1.53. The second-order valence-electron chi connectivity index (χ2n) is 5.12. The van der Waals surface area contributed by atoms with E-state index in [2.05, 4.69) is 5.32 Å². The average Bonchev–Trinajstić information content (AvgIpc) is 2.31. The number of nitrogens with one attached hydrogen (secondary N) is 1. The lowest BCUT2D eigenvalue weighted by Gasteiger charge is -2.34. The Balaban J connectivity index is 1.92. The molecule has 0 aromatic heterocycles. The fourth-order valence-corrected chi connectivity index (χ4v) is 2.40. The molecule has 0 radical (unpaired) electrons. The molecular formula is C14H18F2N2O2. The van der Waals surface area contributed by atoms with Gasteiger partial charge in [-0.05, 0) is 26.0 Å². The summed E-state index contributed by atoms with van der Waals surface area (Å²) in [5, 5.41) is 2.45. The van der Waals surface area contributed by atoms with Crippen molar-refractivity contribution in [1.29, 1.82) is 0 Å². The average molecular weight is 284 g/mol. The zero-order valence-electron chi connectivity index (χ0n) is 11.5. The molecule has 1 fully saturated rings. The van der Waals surface area contributed by atoms with Crippen LogP contribution in [0, 0.1) is 11.6 Å². The highest BCUT2D eigenvalue weighted by Crippen LogP contribution is 2.15. The van der Waals surface area contributed by atoms with Crippen molar-refractivity contribution in [2.45, 2.75) is 26.1 Å². The number of benzene rings is 1. The third-order valence-corrected chi connectivity index (χ3v) is 3.07. The molecule has 2 rings (SSSR count). The lowest BCUT2D eigenvalue weighted by Crippen LogP contribution is -2.48. The molecule has 2 atom stereocenters. The number of hydrogen-bond donors (Lipinski definition) is 1. The first-order valence-electron chi connectivity index (χ1n) is 6.56. The zero-order valence-corrected chi connectivity index (χ0v) is 11.5. The number of anilines is 1. The summed E-state index contributed by atoms with van der Waals surface area (Å²) in [6, 6.07) is 3.07. The van der Waals surface area contributed by atoms with Crippen LogP contribution in [0.15, 0.2) is 18.2 Å². The highest BCUT2D eigenvalue weighted by atomic mass is 19.1. The van der Waals surface area contributed by atoms with Gasteiger partial charge in [-0.2, -0.15) is 0 Å². The van der Waals surface area contributed by atoms with Crippen LogP contribution in [0.3, 0.4) is 0 Å². The Bertz CT molecular complexity index is 486. The maximum absolute atomic E-state index is 13.4. The summed E-state index contributed by atoms with van der Waals surface area (Å²) in [5.41, 5.74) is -0.00856. The van der Waals surface area contributed by atoms with Crippen LogP contribution in [0.1, 0.15) is 13.8 Å². The molecular weight excluding hydrogens is 266 g/mol. The molecule has 1 amide bonds. The maximum atomic E-state index is 13.4. The van der Waals surface area contributed by atoms with Gasteiger partial charge < -0.3 is 10.1 Å². The monoisotopic (exact) mass is 284 g/mol. The van der Waals surface area contributed by atoms with E-state index in [-0.39, 0.29) is 30.3 Å². The number of carbonyl (C=O) groups is 1. The van der Waals surface area contributed by atoms with Crippen LogP contribution >= 0.6 is 0 Å². The van der Waals surface area contributed by atoms with Crippen molar-refractivity contribution in [2.24, 2.45) is 0 Å². The molecule has 4 nitrogen and oxygen atoms in total. The predicted octanol–water partition coefficient (Wildman–Crippen LogP) is 2.01. The van der Waals surface area contributed by atoms with Crippen molar-refractivity contribution in [3.05, 3.63) is 29.8 Å². The minimum atomic E-state index is -0.776. The van der Waals surface area contributed by atoms with E-state index in [1.165, 1.54) is 6.07 Å². The Labute approximate surface area is 116 Å². The molecule has 20 heavy (non-hydrogen) atoms. The van der Waals surface area contributed by atoms with Gasteiger partial charge in [0.2, 0.25) is 5.91 Å². The van der Waals surface area contributed by atoms with Crippen molar-refractivity contribution >= 4 is 11.6 Å². The van der Waals surface area contributed by atoms with Crippen molar-refractivity contribution in [3.8, 4) is 0 Å².